The summed E-state index contributed by atoms with van der Waals surface area (Å²) in [5.74, 6) is 0.145. The van der Waals surface area contributed by atoms with E-state index in [9.17, 15) is 8.42 Å². The van der Waals surface area contributed by atoms with E-state index >= 15 is 0 Å². The number of nitrogens with one attached hydrogen (secondary N) is 1. The van der Waals surface area contributed by atoms with E-state index in [0.717, 1.165) is 29.5 Å². The van der Waals surface area contributed by atoms with Gasteiger partial charge in [-0.2, -0.15) is 8.42 Å². The lowest BCUT2D eigenvalue weighted by molar-refractivity contribution is 0.381. The van der Waals surface area contributed by atoms with Crippen LogP contribution in [0.3, 0.4) is 0 Å². The van der Waals surface area contributed by atoms with Crippen LogP contribution in [-0.4, -0.2) is 33.0 Å². The predicted octanol–water partition coefficient (Wildman–Crippen LogP) is 4.45. The minimum atomic E-state index is -4.67. The molecule has 0 unspecified atom stereocenters. The third-order valence-electron chi connectivity index (χ3n) is 4.53. The summed E-state index contributed by atoms with van der Waals surface area (Å²) in [6, 6.07) is 10.8. The largest absolute Gasteiger partial charge is 0.394 e. The molecule has 0 saturated carbocycles. The van der Waals surface area contributed by atoms with Gasteiger partial charge in [0.15, 0.2) is 0 Å². The quantitative estimate of drug-likeness (QED) is 0.419. The lowest BCUT2D eigenvalue weighted by Gasteiger charge is -2.32. The molecule has 1 aliphatic rings. The van der Waals surface area contributed by atoms with Crippen LogP contribution < -0.4 is 5.32 Å². The SMILES string of the molecule is CN[C@H]1CC[C@@H](c2ccc(Cl)c(Cl)c2)c2ccc(S(=O)(=O)Cl)cc21.O=S(=O)(O)O. The van der Waals surface area contributed by atoms with E-state index in [0.29, 0.717) is 10.0 Å². The van der Waals surface area contributed by atoms with E-state index in [4.69, 9.17) is 51.4 Å². The van der Waals surface area contributed by atoms with Gasteiger partial charge in [0.05, 0.1) is 14.9 Å². The van der Waals surface area contributed by atoms with E-state index in [1.807, 2.05) is 25.2 Å². The molecule has 2 aromatic rings. The van der Waals surface area contributed by atoms with Crippen molar-refractivity contribution in [1.29, 1.82) is 0 Å². The summed E-state index contributed by atoms with van der Waals surface area (Å²) >= 11 is 12.2. The number of rotatable bonds is 3. The summed E-state index contributed by atoms with van der Waals surface area (Å²) in [6.07, 6.45) is 1.82. The highest BCUT2D eigenvalue weighted by atomic mass is 35.7. The number of benzene rings is 2. The molecule has 0 amide bonds. The molecule has 0 aliphatic heterocycles. The molecule has 160 valence electrons. The van der Waals surface area contributed by atoms with Gasteiger partial charge in [0.1, 0.15) is 0 Å². The second kappa shape index (κ2) is 9.49. The van der Waals surface area contributed by atoms with Crippen LogP contribution in [0.5, 0.6) is 0 Å². The van der Waals surface area contributed by atoms with E-state index in [1.165, 1.54) is 0 Å². The summed E-state index contributed by atoms with van der Waals surface area (Å²) < 4.78 is 54.9. The molecule has 2 atom stereocenters. The normalized spacial score (nSPS) is 19.1. The summed E-state index contributed by atoms with van der Waals surface area (Å²) in [5.41, 5.74) is 3.12. The van der Waals surface area contributed by atoms with Crippen molar-refractivity contribution in [3.05, 3.63) is 63.1 Å². The number of halogens is 3. The first-order chi connectivity index (χ1) is 13.3. The molecule has 0 aromatic heterocycles. The predicted molar refractivity (Wildman–Crippen MR) is 113 cm³/mol. The molecule has 0 spiro atoms. The Morgan fingerprint density at radius 3 is 2.07 bits per heavy atom. The highest BCUT2D eigenvalue weighted by molar-refractivity contribution is 8.13. The van der Waals surface area contributed by atoms with Gasteiger partial charge in [-0.25, -0.2) is 8.42 Å². The molecule has 0 radical (unpaired) electrons. The van der Waals surface area contributed by atoms with Gasteiger partial charge < -0.3 is 5.32 Å². The molecule has 3 N–H and O–H groups in total. The van der Waals surface area contributed by atoms with Crippen molar-refractivity contribution in [3.8, 4) is 0 Å². The maximum Gasteiger partial charge on any atom is 0.394 e. The first-order valence-electron chi connectivity index (χ1n) is 8.22. The van der Waals surface area contributed by atoms with Crippen LogP contribution in [0.1, 0.15) is 41.5 Å². The minimum absolute atomic E-state index is 0.0948. The summed E-state index contributed by atoms with van der Waals surface area (Å²) in [7, 11) is -1.05. The Bertz CT molecular complexity index is 1100. The second-order valence-corrected chi connectivity index (χ2v) is 10.6. The van der Waals surface area contributed by atoms with Crippen LogP contribution in [0.4, 0.5) is 0 Å². The van der Waals surface area contributed by atoms with Gasteiger partial charge in [-0.1, -0.05) is 35.3 Å². The Morgan fingerprint density at radius 1 is 0.931 bits per heavy atom. The summed E-state index contributed by atoms with van der Waals surface area (Å²) in [6.45, 7) is 0. The maximum atomic E-state index is 11.7. The molecule has 0 bridgehead atoms. The van der Waals surface area contributed by atoms with Crippen LogP contribution >= 0.6 is 33.9 Å². The second-order valence-electron chi connectivity index (χ2n) is 6.32. The highest BCUT2D eigenvalue weighted by Crippen LogP contribution is 2.43. The smallest absolute Gasteiger partial charge is 0.313 e. The molecule has 1 aliphatic carbocycles. The van der Waals surface area contributed by atoms with Crippen molar-refractivity contribution in [3.63, 3.8) is 0 Å². The Labute approximate surface area is 184 Å². The van der Waals surface area contributed by atoms with Crippen molar-refractivity contribution in [2.24, 2.45) is 0 Å². The third kappa shape index (κ3) is 6.80. The summed E-state index contributed by atoms with van der Waals surface area (Å²) in [5, 5.41) is 4.29. The topological polar surface area (TPSA) is 121 Å². The van der Waals surface area contributed by atoms with Crippen molar-refractivity contribution >= 4 is 53.3 Å². The van der Waals surface area contributed by atoms with E-state index in [2.05, 4.69) is 5.32 Å². The molecule has 0 fully saturated rings. The highest BCUT2D eigenvalue weighted by Gasteiger charge is 2.29. The molecular weight excluding hydrogens is 485 g/mol. The van der Waals surface area contributed by atoms with Crippen molar-refractivity contribution in [2.45, 2.75) is 29.7 Å². The van der Waals surface area contributed by atoms with E-state index in [-0.39, 0.29) is 16.9 Å². The third-order valence-corrected chi connectivity index (χ3v) is 6.62. The van der Waals surface area contributed by atoms with Crippen LogP contribution in [0.15, 0.2) is 41.3 Å². The lowest BCUT2D eigenvalue weighted by atomic mass is 9.77. The molecule has 12 heteroatoms. The zero-order valence-corrected chi connectivity index (χ0v) is 18.9. The monoisotopic (exact) mass is 501 g/mol. The van der Waals surface area contributed by atoms with Crippen molar-refractivity contribution in [1.82, 2.24) is 5.32 Å². The van der Waals surface area contributed by atoms with Crippen LogP contribution in [0, 0.1) is 0 Å². The molecule has 29 heavy (non-hydrogen) atoms. The van der Waals surface area contributed by atoms with Gasteiger partial charge in [0, 0.05) is 22.6 Å². The zero-order chi connectivity index (χ0) is 22.0. The Kier molecular flexibility index (Phi) is 7.97. The molecule has 7 nitrogen and oxygen atoms in total. The first kappa shape index (κ1) is 24.4. The maximum absolute atomic E-state index is 11.7. The van der Waals surface area contributed by atoms with Gasteiger partial charge in [0.25, 0.3) is 9.05 Å². The zero-order valence-electron chi connectivity index (χ0n) is 15.0. The first-order valence-corrected chi connectivity index (χ1v) is 12.7. The number of hydrogen-bond donors (Lipinski definition) is 3. The lowest BCUT2D eigenvalue weighted by Crippen LogP contribution is -2.24. The Balaban J connectivity index is 0.000000537. The Hall–Kier alpha value is -0.910. The summed E-state index contributed by atoms with van der Waals surface area (Å²) in [4.78, 5) is 0.123. The van der Waals surface area contributed by atoms with Crippen LogP contribution in [0.2, 0.25) is 10.0 Å². The van der Waals surface area contributed by atoms with Crippen molar-refractivity contribution in [2.75, 3.05) is 7.05 Å². The fourth-order valence-corrected chi connectivity index (χ4v) is 4.44. The van der Waals surface area contributed by atoms with Gasteiger partial charge in [-0.05, 0) is 60.8 Å². The Morgan fingerprint density at radius 2 is 1.55 bits per heavy atom. The minimum Gasteiger partial charge on any atom is -0.313 e. The molecule has 3 rings (SSSR count). The average Bonchev–Trinajstić information content (AvgIpc) is 2.60. The molecular formula is C17H18Cl3NO6S2. The molecule has 2 aromatic carbocycles. The van der Waals surface area contributed by atoms with E-state index in [1.54, 1.807) is 18.2 Å². The number of hydrogen-bond acceptors (Lipinski definition) is 5. The standard InChI is InChI=1S/C17H16Cl3NO2S.H2O4S/c1-21-17-7-5-12(10-2-6-15(18)16(19)8-10)13-4-3-11(9-14(13)17)24(20,22)23;1-5(2,3)4/h2-4,6,8-9,12,17,21H,5,7H2,1H3;(H2,1,2,3,4)/t12-,17-;/m0./s1. The van der Waals surface area contributed by atoms with Gasteiger partial charge >= 0.3 is 10.4 Å². The average molecular weight is 503 g/mol. The van der Waals surface area contributed by atoms with Gasteiger partial charge in [-0.3, -0.25) is 9.11 Å². The van der Waals surface area contributed by atoms with Crippen LogP contribution in [0.25, 0.3) is 0 Å². The fourth-order valence-electron chi connectivity index (χ4n) is 3.34. The number of fused-ring (bicyclic) bond motifs is 1. The van der Waals surface area contributed by atoms with Gasteiger partial charge in [0.2, 0.25) is 0 Å². The van der Waals surface area contributed by atoms with Crippen molar-refractivity contribution < 1.29 is 25.9 Å². The fraction of sp³-hybridized carbons (Fsp3) is 0.294. The van der Waals surface area contributed by atoms with Crippen LogP contribution in [-0.2, 0) is 19.4 Å². The van der Waals surface area contributed by atoms with Gasteiger partial charge in [-0.15, -0.1) is 0 Å². The van der Waals surface area contributed by atoms with E-state index < -0.39 is 19.4 Å². The molecule has 0 heterocycles. The molecule has 0 saturated heterocycles.